The molecule has 2 rings (SSSR count). The van der Waals surface area contributed by atoms with Gasteiger partial charge < -0.3 is 4.90 Å². The molecule has 1 unspecified atom stereocenters. The number of hydrogen-bond donors (Lipinski definition) is 0. The number of hydrogen-bond acceptors (Lipinski definition) is 2. The van der Waals surface area contributed by atoms with Crippen molar-refractivity contribution in [3.05, 3.63) is 11.6 Å². The Balaban J connectivity index is 1.77. The fourth-order valence-electron chi connectivity index (χ4n) is 3.70. The summed E-state index contributed by atoms with van der Waals surface area (Å²) in [5, 5.41) is 0. The Hall–Kier alpha value is -0.340. The summed E-state index contributed by atoms with van der Waals surface area (Å²) in [6.07, 6.45) is 6.55. The van der Waals surface area contributed by atoms with E-state index < -0.39 is 0 Å². The molecule has 1 saturated heterocycles. The van der Waals surface area contributed by atoms with Crippen molar-refractivity contribution in [2.45, 2.75) is 66.3 Å². The Bertz CT molecular complexity index is 362. The van der Waals surface area contributed by atoms with Crippen molar-refractivity contribution >= 4 is 0 Å². The van der Waals surface area contributed by atoms with Gasteiger partial charge >= 0.3 is 0 Å². The Morgan fingerprint density at radius 1 is 1.00 bits per heavy atom. The topological polar surface area (TPSA) is 6.48 Å². The fraction of sp³-hybridized carbons (Fsp3) is 0.895. The van der Waals surface area contributed by atoms with Gasteiger partial charge in [0.25, 0.3) is 0 Å². The lowest BCUT2D eigenvalue weighted by Crippen LogP contribution is -2.54. The van der Waals surface area contributed by atoms with Gasteiger partial charge in [-0.25, -0.2) is 0 Å². The first-order valence-corrected chi connectivity index (χ1v) is 8.83. The summed E-state index contributed by atoms with van der Waals surface area (Å²) in [4.78, 5) is 5.32. The van der Waals surface area contributed by atoms with Crippen LogP contribution >= 0.6 is 0 Å². The van der Waals surface area contributed by atoms with Crippen LogP contribution in [0.15, 0.2) is 11.6 Å². The molecule has 0 spiro atoms. The molecule has 2 nitrogen and oxygen atoms in total. The Morgan fingerprint density at radius 3 is 2.05 bits per heavy atom. The minimum absolute atomic E-state index is 0.335. The van der Waals surface area contributed by atoms with Crippen LogP contribution in [0.3, 0.4) is 0 Å². The summed E-state index contributed by atoms with van der Waals surface area (Å²) in [5.41, 5.74) is 2.39. The standard InChI is InChI=1S/C19H36N2/c1-18(2,3)17-9-7-16(8-10-17)15-20-11-13-21(14-12-20)19(4,5)6/h9,16H,7-8,10-15H2,1-6H3. The molecule has 0 radical (unpaired) electrons. The van der Waals surface area contributed by atoms with Gasteiger partial charge in [0.05, 0.1) is 0 Å². The van der Waals surface area contributed by atoms with E-state index in [2.05, 4.69) is 57.4 Å². The average molecular weight is 293 g/mol. The molecule has 122 valence electrons. The molecule has 1 heterocycles. The van der Waals surface area contributed by atoms with Gasteiger partial charge in [-0.15, -0.1) is 0 Å². The van der Waals surface area contributed by atoms with Crippen LogP contribution in [0.4, 0.5) is 0 Å². The smallest absolute Gasteiger partial charge is 0.0126 e. The Labute approximate surface area is 132 Å². The lowest BCUT2D eigenvalue weighted by molar-refractivity contribution is 0.0543. The van der Waals surface area contributed by atoms with Crippen molar-refractivity contribution < 1.29 is 0 Å². The number of nitrogens with zero attached hydrogens (tertiary/aromatic N) is 2. The van der Waals surface area contributed by atoms with Gasteiger partial charge in [0.1, 0.15) is 0 Å². The van der Waals surface area contributed by atoms with Crippen LogP contribution in [-0.2, 0) is 0 Å². The molecule has 0 aromatic rings. The summed E-state index contributed by atoms with van der Waals surface area (Å²) in [6.45, 7) is 20.4. The zero-order valence-corrected chi connectivity index (χ0v) is 15.2. The van der Waals surface area contributed by atoms with E-state index in [1.807, 2.05) is 0 Å². The predicted octanol–water partition coefficient (Wildman–Crippen LogP) is 4.18. The third-order valence-electron chi connectivity index (χ3n) is 5.32. The first-order chi connectivity index (χ1) is 9.66. The zero-order chi connectivity index (χ0) is 15.7. The summed E-state index contributed by atoms with van der Waals surface area (Å²) in [5.74, 6) is 0.886. The molecule has 0 aromatic carbocycles. The maximum absolute atomic E-state index is 2.70. The molecule has 2 aliphatic rings. The lowest BCUT2D eigenvalue weighted by atomic mass is 9.77. The van der Waals surface area contributed by atoms with Gasteiger partial charge in [0, 0.05) is 38.3 Å². The van der Waals surface area contributed by atoms with Crippen LogP contribution < -0.4 is 0 Å². The molecule has 0 N–H and O–H groups in total. The van der Waals surface area contributed by atoms with Gasteiger partial charge in [-0.1, -0.05) is 32.4 Å². The highest BCUT2D eigenvalue weighted by Crippen LogP contribution is 2.35. The molecule has 0 amide bonds. The van der Waals surface area contributed by atoms with Crippen molar-refractivity contribution in [2.24, 2.45) is 11.3 Å². The molecule has 0 bridgehead atoms. The quantitative estimate of drug-likeness (QED) is 0.705. The van der Waals surface area contributed by atoms with E-state index in [4.69, 9.17) is 0 Å². The predicted molar refractivity (Wildman–Crippen MR) is 92.6 cm³/mol. The monoisotopic (exact) mass is 292 g/mol. The molecule has 1 atom stereocenters. The molecular weight excluding hydrogens is 256 g/mol. The number of allylic oxidation sites excluding steroid dienone is 2. The Kier molecular flexibility index (Phi) is 5.20. The van der Waals surface area contributed by atoms with Crippen molar-refractivity contribution in [1.29, 1.82) is 0 Å². The number of rotatable bonds is 2. The molecule has 21 heavy (non-hydrogen) atoms. The second kappa shape index (κ2) is 6.42. The molecule has 1 aliphatic heterocycles. The van der Waals surface area contributed by atoms with Gasteiger partial charge in [-0.05, 0) is 51.4 Å². The highest BCUT2D eigenvalue weighted by molar-refractivity contribution is 5.14. The van der Waals surface area contributed by atoms with Crippen LogP contribution in [0.2, 0.25) is 0 Å². The van der Waals surface area contributed by atoms with Crippen molar-refractivity contribution in [3.8, 4) is 0 Å². The molecular formula is C19H36N2. The molecule has 0 saturated carbocycles. The summed E-state index contributed by atoms with van der Waals surface area (Å²) >= 11 is 0. The normalized spacial score (nSPS) is 26.8. The van der Waals surface area contributed by atoms with E-state index >= 15 is 0 Å². The van der Waals surface area contributed by atoms with Crippen LogP contribution in [0.1, 0.15) is 60.8 Å². The largest absolute Gasteiger partial charge is 0.301 e. The molecule has 2 heteroatoms. The van der Waals surface area contributed by atoms with Gasteiger partial charge in [-0.3, -0.25) is 4.90 Å². The Morgan fingerprint density at radius 2 is 1.62 bits per heavy atom. The van der Waals surface area contributed by atoms with E-state index in [0.717, 1.165) is 5.92 Å². The summed E-state index contributed by atoms with van der Waals surface area (Å²) < 4.78 is 0. The van der Waals surface area contributed by atoms with Crippen molar-refractivity contribution in [3.63, 3.8) is 0 Å². The van der Waals surface area contributed by atoms with E-state index in [9.17, 15) is 0 Å². The van der Waals surface area contributed by atoms with Crippen LogP contribution in [-0.4, -0.2) is 48.1 Å². The van der Waals surface area contributed by atoms with Crippen molar-refractivity contribution in [2.75, 3.05) is 32.7 Å². The van der Waals surface area contributed by atoms with E-state index in [-0.39, 0.29) is 0 Å². The minimum Gasteiger partial charge on any atom is -0.301 e. The zero-order valence-electron chi connectivity index (χ0n) is 15.2. The molecule has 0 aromatic heterocycles. The van der Waals surface area contributed by atoms with Crippen molar-refractivity contribution in [1.82, 2.24) is 9.80 Å². The van der Waals surface area contributed by atoms with E-state index in [0.29, 0.717) is 11.0 Å². The van der Waals surface area contributed by atoms with Gasteiger partial charge in [-0.2, -0.15) is 0 Å². The highest BCUT2D eigenvalue weighted by Gasteiger charge is 2.28. The SMILES string of the molecule is CC(C)(C)C1=CCC(CN2CCN(C(C)(C)C)CC2)CC1. The maximum Gasteiger partial charge on any atom is 0.0126 e. The minimum atomic E-state index is 0.335. The molecule has 1 aliphatic carbocycles. The van der Waals surface area contributed by atoms with Gasteiger partial charge in [0.15, 0.2) is 0 Å². The third kappa shape index (κ3) is 4.82. The van der Waals surface area contributed by atoms with E-state index in [1.165, 1.54) is 52.0 Å². The second-order valence-corrected chi connectivity index (χ2v) is 9.08. The summed E-state index contributed by atoms with van der Waals surface area (Å²) in [6, 6.07) is 0. The second-order valence-electron chi connectivity index (χ2n) is 9.08. The average Bonchev–Trinajstić information content (AvgIpc) is 2.38. The first kappa shape index (κ1) is 17.0. The number of piperazine rings is 1. The molecule has 1 fully saturated rings. The highest BCUT2D eigenvalue weighted by atomic mass is 15.3. The lowest BCUT2D eigenvalue weighted by Gasteiger charge is -2.43. The van der Waals surface area contributed by atoms with E-state index in [1.54, 1.807) is 5.57 Å². The van der Waals surface area contributed by atoms with Crippen LogP contribution in [0.25, 0.3) is 0 Å². The van der Waals surface area contributed by atoms with Crippen LogP contribution in [0, 0.1) is 11.3 Å². The first-order valence-electron chi connectivity index (χ1n) is 8.83. The van der Waals surface area contributed by atoms with Crippen LogP contribution in [0.5, 0.6) is 0 Å². The van der Waals surface area contributed by atoms with Gasteiger partial charge in [0.2, 0.25) is 0 Å². The fourth-order valence-corrected chi connectivity index (χ4v) is 3.70. The summed E-state index contributed by atoms with van der Waals surface area (Å²) in [7, 11) is 0. The third-order valence-corrected chi connectivity index (χ3v) is 5.32. The maximum atomic E-state index is 2.70.